The number of Topliss-reactive ketones (excluding diaryl/α,β-unsaturated/α-hetero) is 1. The topological polar surface area (TPSA) is 59.6 Å². The molecule has 34 heavy (non-hydrogen) atoms. The molecule has 5 nitrogen and oxygen atoms in total. The van der Waals surface area contributed by atoms with Gasteiger partial charge in [-0.1, -0.05) is 50.2 Å². The molecule has 3 aromatic carbocycles. The van der Waals surface area contributed by atoms with Crippen molar-refractivity contribution in [1.82, 2.24) is 0 Å². The first-order chi connectivity index (χ1) is 16.4. The first-order valence-corrected chi connectivity index (χ1v) is 11.6. The van der Waals surface area contributed by atoms with Crippen molar-refractivity contribution in [2.45, 2.75) is 32.7 Å². The fraction of sp³-hybridized carbons (Fsp3) is 0.276. The molecule has 0 fully saturated rings. The Balaban J connectivity index is 1.63. The van der Waals surface area contributed by atoms with E-state index in [9.17, 15) is 4.79 Å². The maximum atomic E-state index is 13.4. The summed E-state index contributed by atoms with van der Waals surface area (Å²) in [6.45, 7) is 4.31. The van der Waals surface area contributed by atoms with Crippen molar-refractivity contribution in [2.75, 3.05) is 24.9 Å². The van der Waals surface area contributed by atoms with Crippen molar-refractivity contribution in [3.63, 3.8) is 0 Å². The lowest BCUT2D eigenvalue weighted by atomic mass is 9.73. The van der Waals surface area contributed by atoms with Gasteiger partial charge in [-0.05, 0) is 53.3 Å². The van der Waals surface area contributed by atoms with Crippen LogP contribution in [0.25, 0.3) is 11.1 Å². The van der Waals surface area contributed by atoms with Crippen molar-refractivity contribution in [3.05, 3.63) is 83.6 Å². The number of benzene rings is 3. The Hall–Kier alpha value is -3.73. The number of carbonyl (C=O) groups is 1. The zero-order valence-electron chi connectivity index (χ0n) is 20.1. The van der Waals surface area contributed by atoms with Crippen LogP contribution in [0.2, 0.25) is 0 Å². The summed E-state index contributed by atoms with van der Waals surface area (Å²) in [5.74, 6) is 1.80. The monoisotopic (exact) mass is 454 g/mol. The number of methoxy groups -OCH3 is 2. The van der Waals surface area contributed by atoms with E-state index in [1.54, 1.807) is 14.2 Å². The van der Waals surface area contributed by atoms with Crippen molar-refractivity contribution < 1.29 is 14.3 Å². The number of nitrogens with one attached hydrogen (secondary N) is 2. The maximum absolute atomic E-state index is 13.4. The first kappa shape index (κ1) is 22.1. The second-order valence-corrected chi connectivity index (χ2v) is 9.77. The van der Waals surface area contributed by atoms with Crippen molar-refractivity contribution in [2.24, 2.45) is 5.41 Å². The van der Waals surface area contributed by atoms with Gasteiger partial charge in [0.25, 0.3) is 0 Å². The van der Waals surface area contributed by atoms with Crippen molar-refractivity contribution in [1.29, 1.82) is 0 Å². The second kappa shape index (κ2) is 8.56. The molecule has 1 aliphatic carbocycles. The second-order valence-electron chi connectivity index (χ2n) is 9.77. The van der Waals surface area contributed by atoms with Crippen LogP contribution in [0, 0.1) is 5.41 Å². The minimum Gasteiger partial charge on any atom is -0.497 e. The molecule has 1 heterocycles. The van der Waals surface area contributed by atoms with E-state index in [1.807, 2.05) is 42.5 Å². The Morgan fingerprint density at radius 3 is 2.38 bits per heavy atom. The summed E-state index contributed by atoms with van der Waals surface area (Å²) in [5.41, 5.74) is 6.74. The van der Waals surface area contributed by atoms with Crippen LogP contribution in [0.15, 0.2) is 78.0 Å². The molecular formula is C29H30N2O3. The van der Waals surface area contributed by atoms with E-state index >= 15 is 0 Å². The minimum absolute atomic E-state index is 0.0881. The molecule has 0 bridgehead atoms. The van der Waals surface area contributed by atoms with Crippen molar-refractivity contribution in [3.8, 4) is 22.6 Å². The maximum Gasteiger partial charge on any atom is 0.163 e. The number of hydrogen-bond donors (Lipinski definition) is 2. The number of para-hydroxylation sites is 1. The van der Waals surface area contributed by atoms with Crippen LogP contribution in [-0.4, -0.2) is 20.0 Å². The molecule has 5 rings (SSSR count). The number of carbonyl (C=O) groups excluding carboxylic acids is 1. The van der Waals surface area contributed by atoms with Crippen LogP contribution in [0.3, 0.4) is 0 Å². The van der Waals surface area contributed by atoms with Gasteiger partial charge in [-0.3, -0.25) is 4.79 Å². The highest BCUT2D eigenvalue weighted by molar-refractivity contribution is 6.01. The van der Waals surface area contributed by atoms with Crippen LogP contribution < -0.4 is 20.1 Å². The van der Waals surface area contributed by atoms with Gasteiger partial charge in [-0.2, -0.15) is 0 Å². The van der Waals surface area contributed by atoms with E-state index < -0.39 is 0 Å². The van der Waals surface area contributed by atoms with Gasteiger partial charge in [0.2, 0.25) is 0 Å². The van der Waals surface area contributed by atoms with Gasteiger partial charge in [0.15, 0.2) is 5.78 Å². The third-order valence-electron chi connectivity index (χ3n) is 6.68. The number of ether oxygens (including phenoxy) is 2. The zero-order chi connectivity index (χ0) is 23.9. The molecule has 0 amide bonds. The summed E-state index contributed by atoms with van der Waals surface area (Å²) in [7, 11) is 3.35. The highest BCUT2D eigenvalue weighted by Crippen LogP contribution is 2.46. The van der Waals surface area contributed by atoms with Gasteiger partial charge < -0.3 is 20.1 Å². The molecule has 0 aromatic heterocycles. The van der Waals surface area contributed by atoms with Crippen LogP contribution >= 0.6 is 0 Å². The quantitative estimate of drug-likeness (QED) is 0.466. The Kier molecular flexibility index (Phi) is 5.56. The highest BCUT2D eigenvalue weighted by atomic mass is 16.5. The molecule has 0 spiro atoms. The molecule has 2 aliphatic rings. The lowest BCUT2D eigenvalue weighted by Crippen LogP contribution is -2.31. The standard InChI is InChI=1S/C29H30N2O3/c1-29(2)16-24-27(25(32)17-29)28(18-9-12-20(33-3)13-10-18)31-23-15-19(11-14-22(23)30-24)21-7-5-6-8-26(21)34-4/h5-15,28,30-31H,16-17H2,1-4H3. The normalized spacial score (nSPS) is 18.7. The molecule has 1 unspecified atom stereocenters. The predicted molar refractivity (Wildman–Crippen MR) is 136 cm³/mol. The van der Waals surface area contributed by atoms with Gasteiger partial charge in [-0.15, -0.1) is 0 Å². The number of rotatable bonds is 4. The smallest absolute Gasteiger partial charge is 0.163 e. The molecule has 2 N–H and O–H groups in total. The van der Waals surface area contributed by atoms with Crippen LogP contribution in [0.5, 0.6) is 11.5 Å². The zero-order valence-corrected chi connectivity index (χ0v) is 20.1. The number of fused-ring (bicyclic) bond motifs is 1. The number of ketones is 1. The summed E-state index contributed by atoms with van der Waals surface area (Å²) >= 11 is 0. The van der Waals surface area contributed by atoms with Gasteiger partial charge in [-0.25, -0.2) is 0 Å². The average Bonchev–Trinajstić information content (AvgIpc) is 2.99. The minimum atomic E-state index is -0.258. The number of hydrogen-bond acceptors (Lipinski definition) is 5. The number of allylic oxidation sites excluding steroid dienone is 1. The molecule has 1 aliphatic heterocycles. The fourth-order valence-corrected chi connectivity index (χ4v) is 5.04. The SMILES string of the molecule is COc1ccc(C2Nc3cc(-c4ccccc4OC)ccc3NC3=C2C(=O)CC(C)(C)C3)cc1. The van der Waals surface area contributed by atoms with Crippen molar-refractivity contribution >= 4 is 17.2 Å². The van der Waals surface area contributed by atoms with Gasteiger partial charge >= 0.3 is 0 Å². The first-order valence-electron chi connectivity index (χ1n) is 11.6. The summed E-state index contributed by atoms with van der Waals surface area (Å²) < 4.78 is 10.9. The van der Waals surface area contributed by atoms with Crippen LogP contribution in [-0.2, 0) is 4.79 Å². The Morgan fingerprint density at radius 1 is 0.882 bits per heavy atom. The van der Waals surface area contributed by atoms with Gasteiger partial charge in [0.05, 0.1) is 31.6 Å². The van der Waals surface area contributed by atoms with E-state index in [-0.39, 0.29) is 17.2 Å². The largest absolute Gasteiger partial charge is 0.497 e. The van der Waals surface area contributed by atoms with Crippen LogP contribution in [0.1, 0.15) is 38.3 Å². The molecule has 0 saturated carbocycles. The Bertz CT molecular complexity index is 1270. The van der Waals surface area contributed by atoms with Gasteiger partial charge in [0.1, 0.15) is 11.5 Å². The third kappa shape index (κ3) is 4.03. The highest BCUT2D eigenvalue weighted by Gasteiger charge is 2.38. The molecular weight excluding hydrogens is 424 g/mol. The number of anilines is 2. The summed E-state index contributed by atoms with van der Waals surface area (Å²) in [4.78, 5) is 13.4. The summed E-state index contributed by atoms with van der Waals surface area (Å²) in [5, 5.41) is 7.31. The third-order valence-corrected chi connectivity index (χ3v) is 6.68. The average molecular weight is 455 g/mol. The fourth-order valence-electron chi connectivity index (χ4n) is 5.04. The van der Waals surface area contributed by atoms with Gasteiger partial charge in [0, 0.05) is 23.3 Å². The predicted octanol–water partition coefficient (Wildman–Crippen LogP) is 6.59. The van der Waals surface area contributed by atoms with E-state index in [4.69, 9.17) is 9.47 Å². The molecule has 1 atom stereocenters. The lowest BCUT2D eigenvalue weighted by molar-refractivity contribution is -0.118. The Morgan fingerprint density at radius 2 is 1.65 bits per heavy atom. The molecule has 174 valence electrons. The lowest BCUT2D eigenvalue weighted by Gasteiger charge is -2.34. The summed E-state index contributed by atoms with van der Waals surface area (Å²) in [6, 6.07) is 22.0. The van der Waals surface area contributed by atoms with E-state index in [0.29, 0.717) is 6.42 Å². The summed E-state index contributed by atoms with van der Waals surface area (Å²) in [6.07, 6.45) is 1.35. The molecule has 3 aromatic rings. The van der Waals surface area contributed by atoms with E-state index in [1.165, 1.54) is 0 Å². The Labute approximate surface area is 200 Å². The van der Waals surface area contributed by atoms with E-state index in [2.05, 4.69) is 48.7 Å². The molecule has 0 saturated heterocycles. The van der Waals surface area contributed by atoms with Crippen LogP contribution in [0.4, 0.5) is 11.4 Å². The van der Waals surface area contributed by atoms with E-state index in [0.717, 1.165) is 57.3 Å². The molecule has 0 radical (unpaired) electrons. The molecule has 5 heteroatoms.